The first-order chi connectivity index (χ1) is 6.94. The third kappa shape index (κ3) is 3.80. The van der Waals surface area contributed by atoms with Crippen molar-refractivity contribution in [1.29, 1.82) is 0 Å². The van der Waals surface area contributed by atoms with Gasteiger partial charge in [0.15, 0.2) is 0 Å². The highest BCUT2D eigenvalue weighted by atomic mass is 16.5. The normalized spacial score (nSPS) is 22.7. The van der Waals surface area contributed by atoms with Gasteiger partial charge in [0.2, 0.25) is 0 Å². The Morgan fingerprint density at radius 3 is 2.73 bits per heavy atom. The number of nitrogens with two attached hydrogens (primary N) is 1. The molecule has 0 amide bonds. The summed E-state index contributed by atoms with van der Waals surface area (Å²) in [5.41, 5.74) is 6.11. The average Bonchev–Trinajstić information content (AvgIpc) is 2.46. The summed E-state index contributed by atoms with van der Waals surface area (Å²) >= 11 is 0. The van der Waals surface area contributed by atoms with Crippen LogP contribution in [0, 0.1) is 5.41 Å². The lowest BCUT2D eigenvalue weighted by Gasteiger charge is -2.21. The van der Waals surface area contributed by atoms with Gasteiger partial charge in [-0.2, -0.15) is 0 Å². The molecule has 1 atom stereocenters. The van der Waals surface area contributed by atoms with Crippen molar-refractivity contribution in [2.75, 3.05) is 26.2 Å². The van der Waals surface area contributed by atoms with E-state index in [1.54, 1.807) is 6.92 Å². The topological polar surface area (TPSA) is 55.6 Å². The van der Waals surface area contributed by atoms with Crippen molar-refractivity contribution < 1.29 is 9.53 Å². The van der Waals surface area contributed by atoms with Crippen LogP contribution in [-0.2, 0) is 9.53 Å². The minimum atomic E-state index is -0.501. The SMILES string of the molecule is CCOC(=O)C(N)CN1CCC(C)(C)C1. The molecule has 0 aromatic carbocycles. The molecule has 0 bridgehead atoms. The van der Waals surface area contributed by atoms with Crippen LogP contribution in [-0.4, -0.2) is 43.2 Å². The lowest BCUT2D eigenvalue weighted by Crippen LogP contribution is -2.43. The standard InChI is InChI=1S/C11H22N2O2/c1-4-15-10(14)9(12)7-13-6-5-11(2,3)8-13/h9H,4-8,12H2,1-3H3. The Morgan fingerprint density at radius 2 is 2.27 bits per heavy atom. The smallest absolute Gasteiger partial charge is 0.324 e. The monoisotopic (exact) mass is 214 g/mol. The summed E-state index contributed by atoms with van der Waals surface area (Å²) < 4.78 is 4.88. The zero-order valence-corrected chi connectivity index (χ0v) is 9.95. The number of nitrogens with zero attached hydrogens (tertiary/aromatic N) is 1. The van der Waals surface area contributed by atoms with Gasteiger partial charge in [0.1, 0.15) is 6.04 Å². The van der Waals surface area contributed by atoms with Gasteiger partial charge in [0.25, 0.3) is 0 Å². The highest BCUT2D eigenvalue weighted by molar-refractivity contribution is 5.75. The number of likely N-dealkylation sites (tertiary alicyclic amines) is 1. The molecule has 1 fully saturated rings. The van der Waals surface area contributed by atoms with Crippen molar-refractivity contribution in [3.8, 4) is 0 Å². The Kier molecular flexibility index (Phi) is 4.11. The van der Waals surface area contributed by atoms with Gasteiger partial charge in [-0.15, -0.1) is 0 Å². The van der Waals surface area contributed by atoms with E-state index in [0.717, 1.165) is 13.1 Å². The molecule has 0 aromatic heterocycles. The van der Waals surface area contributed by atoms with Gasteiger partial charge in [-0.05, 0) is 25.3 Å². The largest absolute Gasteiger partial charge is 0.465 e. The Balaban J connectivity index is 2.33. The van der Waals surface area contributed by atoms with Crippen molar-refractivity contribution in [3.05, 3.63) is 0 Å². The summed E-state index contributed by atoms with van der Waals surface area (Å²) in [5, 5.41) is 0. The van der Waals surface area contributed by atoms with Gasteiger partial charge >= 0.3 is 5.97 Å². The highest BCUT2D eigenvalue weighted by Crippen LogP contribution is 2.28. The van der Waals surface area contributed by atoms with Gasteiger partial charge < -0.3 is 15.4 Å². The van der Waals surface area contributed by atoms with E-state index in [2.05, 4.69) is 18.7 Å². The van der Waals surface area contributed by atoms with Crippen LogP contribution in [0.2, 0.25) is 0 Å². The second-order valence-corrected chi connectivity index (χ2v) is 5.01. The number of esters is 1. The second-order valence-electron chi connectivity index (χ2n) is 5.01. The van der Waals surface area contributed by atoms with E-state index in [0.29, 0.717) is 18.6 Å². The predicted molar refractivity (Wildman–Crippen MR) is 59.4 cm³/mol. The molecule has 1 rings (SSSR count). The number of rotatable bonds is 4. The van der Waals surface area contributed by atoms with Gasteiger partial charge in [0.05, 0.1) is 6.61 Å². The number of carbonyl (C=O) groups excluding carboxylic acids is 1. The van der Waals surface area contributed by atoms with E-state index < -0.39 is 6.04 Å². The van der Waals surface area contributed by atoms with Crippen LogP contribution >= 0.6 is 0 Å². The fraction of sp³-hybridized carbons (Fsp3) is 0.909. The molecule has 15 heavy (non-hydrogen) atoms. The molecule has 1 heterocycles. The first-order valence-corrected chi connectivity index (χ1v) is 5.59. The molecule has 0 spiro atoms. The lowest BCUT2D eigenvalue weighted by atomic mass is 9.93. The summed E-state index contributed by atoms with van der Waals surface area (Å²) in [6, 6.07) is -0.501. The van der Waals surface area contributed by atoms with Gasteiger partial charge in [-0.1, -0.05) is 13.8 Å². The van der Waals surface area contributed by atoms with Crippen molar-refractivity contribution in [2.45, 2.75) is 33.2 Å². The molecule has 1 aliphatic rings. The predicted octanol–water partition coefficient (Wildman–Crippen LogP) is 0.609. The maximum absolute atomic E-state index is 11.3. The Labute approximate surface area is 91.8 Å². The molecule has 1 aliphatic heterocycles. The molecule has 4 nitrogen and oxygen atoms in total. The quantitative estimate of drug-likeness (QED) is 0.697. The molecule has 0 aromatic rings. The molecule has 1 unspecified atom stereocenters. The van der Waals surface area contributed by atoms with Crippen LogP contribution < -0.4 is 5.73 Å². The zero-order chi connectivity index (χ0) is 11.5. The van der Waals surface area contributed by atoms with E-state index in [-0.39, 0.29) is 5.97 Å². The molecule has 88 valence electrons. The van der Waals surface area contributed by atoms with E-state index in [4.69, 9.17) is 10.5 Å². The highest BCUT2D eigenvalue weighted by Gasteiger charge is 2.31. The molecular weight excluding hydrogens is 192 g/mol. The van der Waals surface area contributed by atoms with Crippen molar-refractivity contribution >= 4 is 5.97 Å². The third-order valence-corrected chi connectivity index (χ3v) is 2.80. The number of ether oxygens (including phenoxy) is 1. The molecule has 0 aliphatic carbocycles. The molecule has 0 saturated carbocycles. The minimum absolute atomic E-state index is 0.290. The van der Waals surface area contributed by atoms with Gasteiger partial charge in [-0.3, -0.25) is 4.79 Å². The summed E-state index contributed by atoms with van der Waals surface area (Å²) in [5.74, 6) is -0.290. The van der Waals surface area contributed by atoms with E-state index in [1.165, 1.54) is 6.42 Å². The number of carbonyl (C=O) groups is 1. The van der Waals surface area contributed by atoms with Crippen LogP contribution in [0.4, 0.5) is 0 Å². The summed E-state index contributed by atoms with van der Waals surface area (Å²) in [4.78, 5) is 13.6. The molecule has 1 saturated heterocycles. The summed E-state index contributed by atoms with van der Waals surface area (Å²) in [7, 11) is 0. The number of hydrogen-bond donors (Lipinski definition) is 1. The van der Waals surface area contributed by atoms with Gasteiger partial charge in [-0.25, -0.2) is 0 Å². The maximum atomic E-state index is 11.3. The Bertz CT molecular complexity index is 229. The molecule has 4 heteroatoms. The van der Waals surface area contributed by atoms with Crippen LogP contribution in [0.25, 0.3) is 0 Å². The maximum Gasteiger partial charge on any atom is 0.324 e. The fourth-order valence-corrected chi connectivity index (χ4v) is 1.98. The van der Waals surface area contributed by atoms with Crippen molar-refractivity contribution in [1.82, 2.24) is 4.90 Å². The van der Waals surface area contributed by atoms with Crippen LogP contribution in [0.15, 0.2) is 0 Å². The zero-order valence-electron chi connectivity index (χ0n) is 9.95. The van der Waals surface area contributed by atoms with Crippen LogP contribution in [0.1, 0.15) is 27.2 Å². The minimum Gasteiger partial charge on any atom is -0.465 e. The van der Waals surface area contributed by atoms with Crippen LogP contribution in [0.5, 0.6) is 0 Å². The van der Waals surface area contributed by atoms with E-state index in [9.17, 15) is 4.79 Å². The average molecular weight is 214 g/mol. The second kappa shape index (κ2) is 4.94. The first kappa shape index (κ1) is 12.5. The van der Waals surface area contributed by atoms with Crippen molar-refractivity contribution in [3.63, 3.8) is 0 Å². The number of hydrogen-bond acceptors (Lipinski definition) is 4. The molecule has 2 N–H and O–H groups in total. The van der Waals surface area contributed by atoms with Crippen molar-refractivity contribution in [2.24, 2.45) is 11.1 Å². The van der Waals surface area contributed by atoms with Crippen LogP contribution in [0.3, 0.4) is 0 Å². The van der Waals surface area contributed by atoms with E-state index in [1.807, 2.05) is 0 Å². The Hall–Kier alpha value is -0.610. The molecule has 0 radical (unpaired) electrons. The summed E-state index contributed by atoms with van der Waals surface area (Å²) in [6.07, 6.45) is 1.17. The van der Waals surface area contributed by atoms with E-state index >= 15 is 0 Å². The lowest BCUT2D eigenvalue weighted by molar-refractivity contribution is -0.145. The third-order valence-electron chi connectivity index (χ3n) is 2.80. The Morgan fingerprint density at radius 1 is 1.60 bits per heavy atom. The first-order valence-electron chi connectivity index (χ1n) is 5.59. The summed E-state index contributed by atoms with van der Waals surface area (Å²) in [6.45, 7) is 9.33. The molecular formula is C11H22N2O2. The van der Waals surface area contributed by atoms with Gasteiger partial charge in [0, 0.05) is 13.1 Å². The fourth-order valence-electron chi connectivity index (χ4n) is 1.98.